The van der Waals surface area contributed by atoms with Crippen molar-refractivity contribution in [2.75, 3.05) is 35.7 Å². The lowest BCUT2D eigenvalue weighted by Crippen LogP contribution is -2.35. The van der Waals surface area contributed by atoms with Crippen molar-refractivity contribution >= 4 is 28.7 Å². The number of para-hydroxylation sites is 2. The van der Waals surface area contributed by atoms with Gasteiger partial charge in [-0.05, 0) is 36.8 Å². The number of benzene rings is 2. The van der Waals surface area contributed by atoms with E-state index >= 15 is 0 Å². The van der Waals surface area contributed by atoms with E-state index in [-0.39, 0.29) is 5.82 Å². The molecule has 0 radical (unpaired) electrons. The van der Waals surface area contributed by atoms with Crippen LogP contribution in [0, 0.1) is 5.82 Å². The second kappa shape index (κ2) is 6.05. The summed E-state index contributed by atoms with van der Waals surface area (Å²) in [7, 11) is 2.04. The van der Waals surface area contributed by atoms with Gasteiger partial charge >= 0.3 is 0 Å². The number of anilines is 3. The molecule has 5 heteroatoms. The molecule has 0 bridgehead atoms. The van der Waals surface area contributed by atoms with Gasteiger partial charge in [0, 0.05) is 31.2 Å². The van der Waals surface area contributed by atoms with E-state index in [1.807, 2.05) is 31.3 Å². The maximum Gasteiger partial charge on any atom is 0.147 e. The van der Waals surface area contributed by atoms with Gasteiger partial charge in [0.2, 0.25) is 0 Å². The van der Waals surface area contributed by atoms with Crippen molar-refractivity contribution in [1.29, 1.82) is 0 Å². The lowest BCUT2D eigenvalue weighted by Gasteiger charge is -2.28. The minimum atomic E-state index is -0.268. The average molecular weight is 320 g/mol. The van der Waals surface area contributed by atoms with Gasteiger partial charge in [-0.15, -0.1) is 0 Å². The Morgan fingerprint density at radius 1 is 1.27 bits per heavy atom. The molecule has 2 aromatic rings. The van der Waals surface area contributed by atoms with Crippen LogP contribution in [0.1, 0.15) is 6.42 Å². The van der Waals surface area contributed by atoms with Gasteiger partial charge in [0.05, 0.1) is 17.1 Å². The summed E-state index contributed by atoms with van der Waals surface area (Å²) in [6.07, 6.45) is 0.965. The minimum absolute atomic E-state index is 0.268. The largest absolute Gasteiger partial charge is 0.397 e. The number of halogens is 2. The first kappa shape index (κ1) is 15.0. The number of nitrogens with two attached hydrogens (primary N) is 1. The predicted octanol–water partition coefficient (Wildman–Crippen LogP) is 3.78. The third-order valence-corrected chi connectivity index (χ3v) is 4.51. The molecule has 1 atom stereocenters. The molecular formula is C17H19ClFN3. The summed E-state index contributed by atoms with van der Waals surface area (Å²) in [5.41, 5.74) is 8.44. The third kappa shape index (κ3) is 2.83. The fraction of sp³-hybridized carbons (Fsp3) is 0.294. The van der Waals surface area contributed by atoms with Crippen LogP contribution < -0.4 is 15.5 Å². The minimum Gasteiger partial charge on any atom is -0.397 e. The normalized spacial score (nSPS) is 17.8. The van der Waals surface area contributed by atoms with Crippen molar-refractivity contribution in [3.05, 3.63) is 53.3 Å². The van der Waals surface area contributed by atoms with Crippen molar-refractivity contribution in [2.45, 2.75) is 12.5 Å². The van der Waals surface area contributed by atoms with Crippen molar-refractivity contribution < 1.29 is 4.39 Å². The summed E-state index contributed by atoms with van der Waals surface area (Å²) in [5, 5.41) is 0.422. The van der Waals surface area contributed by atoms with Crippen LogP contribution in [-0.4, -0.2) is 26.2 Å². The summed E-state index contributed by atoms with van der Waals surface area (Å²) in [4.78, 5) is 4.25. The molecule has 1 fully saturated rings. The first-order chi connectivity index (χ1) is 10.6. The van der Waals surface area contributed by atoms with Gasteiger partial charge in [0.1, 0.15) is 5.82 Å². The molecule has 1 aliphatic heterocycles. The molecule has 0 aliphatic carbocycles. The Labute approximate surface area is 135 Å². The maximum absolute atomic E-state index is 14.1. The summed E-state index contributed by atoms with van der Waals surface area (Å²) < 4.78 is 14.1. The molecule has 3 nitrogen and oxygen atoms in total. The lowest BCUT2D eigenvalue weighted by atomic mass is 10.2. The van der Waals surface area contributed by atoms with Crippen LogP contribution in [0.5, 0.6) is 0 Å². The van der Waals surface area contributed by atoms with Crippen molar-refractivity contribution in [3.63, 3.8) is 0 Å². The van der Waals surface area contributed by atoms with Gasteiger partial charge in [0.15, 0.2) is 0 Å². The maximum atomic E-state index is 14.1. The number of hydrogen-bond acceptors (Lipinski definition) is 3. The number of nitrogen functional groups attached to an aromatic ring is 1. The zero-order valence-corrected chi connectivity index (χ0v) is 13.2. The Kier molecular flexibility index (Phi) is 4.12. The van der Waals surface area contributed by atoms with Crippen LogP contribution in [-0.2, 0) is 0 Å². The first-order valence-corrected chi connectivity index (χ1v) is 7.71. The molecule has 1 aliphatic rings. The van der Waals surface area contributed by atoms with E-state index in [1.165, 1.54) is 6.07 Å². The highest BCUT2D eigenvalue weighted by Crippen LogP contribution is 2.30. The van der Waals surface area contributed by atoms with Crippen molar-refractivity contribution in [1.82, 2.24) is 0 Å². The van der Waals surface area contributed by atoms with Crippen LogP contribution in [0.15, 0.2) is 42.5 Å². The van der Waals surface area contributed by atoms with Crippen LogP contribution in [0.3, 0.4) is 0 Å². The van der Waals surface area contributed by atoms with Crippen LogP contribution in [0.25, 0.3) is 0 Å². The Bertz CT molecular complexity index is 677. The number of rotatable bonds is 3. The zero-order valence-electron chi connectivity index (χ0n) is 12.5. The lowest BCUT2D eigenvalue weighted by molar-refractivity contribution is 0.622. The molecule has 22 heavy (non-hydrogen) atoms. The van der Waals surface area contributed by atoms with Crippen molar-refractivity contribution in [2.24, 2.45) is 0 Å². The number of nitrogens with zero attached hydrogens (tertiary/aromatic N) is 2. The second-order valence-electron chi connectivity index (χ2n) is 5.65. The molecule has 0 unspecified atom stereocenters. The Hall–Kier alpha value is -1.94. The molecular weight excluding hydrogens is 301 g/mol. The van der Waals surface area contributed by atoms with Gasteiger partial charge < -0.3 is 15.5 Å². The topological polar surface area (TPSA) is 32.5 Å². The molecule has 2 aromatic carbocycles. The molecule has 0 aromatic heterocycles. The summed E-state index contributed by atoms with van der Waals surface area (Å²) in [6.45, 7) is 1.59. The Morgan fingerprint density at radius 2 is 2.05 bits per heavy atom. The molecule has 0 saturated carbocycles. The van der Waals surface area contributed by atoms with Crippen LogP contribution in [0.2, 0.25) is 5.02 Å². The van der Waals surface area contributed by atoms with Gasteiger partial charge in [-0.1, -0.05) is 23.7 Å². The van der Waals surface area contributed by atoms with Gasteiger partial charge in [-0.2, -0.15) is 0 Å². The fourth-order valence-corrected chi connectivity index (χ4v) is 3.18. The Balaban J connectivity index is 1.76. The smallest absolute Gasteiger partial charge is 0.147 e. The summed E-state index contributed by atoms with van der Waals surface area (Å²) >= 11 is 5.82. The molecule has 3 rings (SSSR count). The predicted molar refractivity (Wildman–Crippen MR) is 91.3 cm³/mol. The van der Waals surface area contributed by atoms with E-state index in [1.54, 1.807) is 12.1 Å². The van der Waals surface area contributed by atoms with E-state index in [0.29, 0.717) is 16.8 Å². The standard InChI is InChI=1S/C17H19ClFN3/c1-21(17-5-3-2-4-15(17)20)13-8-9-22(11-13)16-7-6-12(18)10-14(16)19/h2-7,10,13H,8-9,11,20H2,1H3/t13-/m0/s1. The molecule has 0 spiro atoms. The van der Waals surface area contributed by atoms with E-state index in [4.69, 9.17) is 17.3 Å². The highest BCUT2D eigenvalue weighted by Gasteiger charge is 2.28. The van der Waals surface area contributed by atoms with Gasteiger partial charge in [-0.25, -0.2) is 4.39 Å². The highest BCUT2D eigenvalue weighted by atomic mass is 35.5. The number of likely N-dealkylation sites (N-methyl/N-ethyl adjacent to an activating group) is 1. The Morgan fingerprint density at radius 3 is 2.77 bits per heavy atom. The van der Waals surface area contributed by atoms with Gasteiger partial charge in [-0.3, -0.25) is 0 Å². The first-order valence-electron chi connectivity index (χ1n) is 7.33. The molecule has 0 amide bonds. The van der Waals surface area contributed by atoms with E-state index in [2.05, 4.69) is 9.80 Å². The van der Waals surface area contributed by atoms with Crippen molar-refractivity contribution in [3.8, 4) is 0 Å². The highest BCUT2D eigenvalue weighted by molar-refractivity contribution is 6.30. The van der Waals surface area contributed by atoms with E-state index in [0.717, 1.165) is 30.9 Å². The average Bonchev–Trinajstić information content (AvgIpc) is 2.96. The SMILES string of the molecule is CN(c1ccccc1N)[C@H]1CCN(c2ccc(Cl)cc2F)C1. The van der Waals surface area contributed by atoms with E-state index in [9.17, 15) is 4.39 Å². The summed E-state index contributed by atoms with van der Waals surface area (Å²) in [6, 6.07) is 13.0. The monoisotopic (exact) mass is 319 g/mol. The molecule has 1 heterocycles. The van der Waals surface area contributed by atoms with Crippen LogP contribution >= 0.6 is 11.6 Å². The molecule has 116 valence electrons. The third-order valence-electron chi connectivity index (χ3n) is 4.28. The quantitative estimate of drug-likeness (QED) is 0.874. The summed E-state index contributed by atoms with van der Waals surface area (Å²) in [5.74, 6) is -0.268. The second-order valence-corrected chi connectivity index (χ2v) is 6.09. The van der Waals surface area contributed by atoms with E-state index < -0.39 is 0 Å². The molecule has 2 N–H and O–H groups in total. The number of hydrogen-bond donors (Lipinski definition) is 1. The van der Waals surface area contributed by atoms with Gasteiger partial charge in [0.25, 0.3) is 0 Å². The zero-order chi connectivity index (χ0) is 15.7. The molecule has 1 saturated heterocycles. The van der Waals surface area contributed by atoms with Crippen LogP contribution in [0.4, 0.5) is 21.5 Å². The fourth-order valence-electron chi connectivity index (χ4n) is 3.02.